The van der Waals surface area contributed by atoms with Crippen molar-refractivity contribution < 1.29 is 4.74 Å². The van der Waals surface area contributed by atoms with E-state index in [9.17, 15) is 0 Å². The topological polar surface area (TPSA) is 73.1 Å². The fourth-order valence-electron chi connectivity index (χ4n) is 1.46. The zero-order chi connectivity index (χ0) is 12.1. The van der Waals surface area contributed by atoms with E-state index in [-0.39, 0.29) is 0 Å². The minimum absolute atomic E-state index is 0.445. The molecule has 0 saturated carbocycles. The van der Waals surface area contributed by atoms with Gasteiger partial charge < -0.3 is 15.8 Å². The first kappa shape index (κ1) is 11.8. The number of hydrogen-bond donors (Lipinski definition) is 2. The summed E-state index contributed by atoms with van der Waals surface area (Å²) in [6.07, 6.45) is 1.52. The lowest BCUT2D eigenvalue weighted by Crippen LogP contribution is -2.03. The highest BCUT2D eigenvalue weighted by molar-refractivity contribution is 7.09. The number of anilines is 2. The van der Waals surface area contributed by atoms with E-state index in [1.165, 1.54) is 17.9 Å². The van der Waals surface area contributed by atoms with Gasteiger partial charge in [-0.25, -0.2) is 4.98 Å². The van der Waals surface area contributed by atoms with Crippen molar-refractivity contribution in [3.05, 3.63) is 30.1 Å². The molecule has 5 nitrogen and oxygen atoms in total. The number of ether oxygens (including phenoxy) is 1. The Morgan fingerprint density at radius 1 is 1.47 bits per heavy atom. The summed E-state index contributed by atoms with van der Waals surface area (Å²) in [7, 11) is 0. The zero-order valence-electron chi connectivity index (χ0n) is 9.51. The third-order valence-electron chi connectivity index (χ3n) is 2.19. The first-order valence-electron chi connectivity index (χ1n) is 5.33. The predicted molar refractivity (Wildman–Crippen MR) is 68.7 cm³/mol. The number of aromatic nitrogens is 2. The van der Waals surface area contributed by atoms with Crippen LogP contribution in [0.1, 0.15) is 12.5 Å². The summed E-state index contributed by atoms with van der Waals surface area (Å²) in [6.45, 7) is 3.03. The van der Waals surface area contributed by atoms with Gasteiger partial charge in [-0.05, 0) is 25.1 Å². The second kappa shape index (κ2) is 5.60. The molecule has 0 spiro atoms. The monoisotopic (exact) mass is 250 g/mol. The Bertz CT molecular complexity index is 472. The van der Waals surface area contributed by atoms with Crippen LogP contribution in [0.4, 0.5) is 10.8 Å². The summed E-state index contributed by atoms with van der Waals surface area (Å²) in [5, 5.41) is 3.92. The molecule has 0 atom stereocenters. The van der Waals surface area contributed by atoms with E-state index in [2.05, 4.69) is 14.7 Å². The molecular weight excluding hydrogens is 236 g/mol. The molecule has 6 heteroatoms. The Hall–Kier alpha value is -1.66. The quantitative estimate of drug-likeness (QED) is 0.850. The van der Waals surface area contributed by atoms with E-state index < -0.39 is 0 Å². The maximum absolute atomic E-state index is 5.69. The van der Waals surface area contributed by atoms with Crippen molar-refractivity contribution in [3.8, 4) is 5.75 Å². The van der Waals surface area contributed by atoms with E-state index in [1.54, 1.807) is 0 Å². The highest BCUT2D eigenvalue weighted by atomic mass is 32.1. The van der Waals surface area contributed by atoms with Crippen LogP contribution in [-0.4, -0.2) is 16.0 Å². The number of nitrogens with two attached hydrogens (primary N) is 1. The average Bonchev–Trinajstić information content (AvgIpc) is 2.84. The van der Waals surface area contributed by atoms with Gasteiger partial charge in [0.05, 0.1) is 6.61 Å². The van der Waals surface area contributed by atoms with E-state index in [1.807, 2.05) is 25.1 Å². The van der Waals surface area contributed by atoms with Gasteiger partial charge in [0.1, 0.15) is 12.1 Å². The maximum Gasteiger partial charge on any atom is 0.206 e. The summed E-state index contributed by atoms with van der Waals surface area (Å²) in [5.74, 6) is 0.831. The number of hydrogen-bond acceptors (Lipinski definition) is 6. The standard InChI is InChI=1S/C11H14N4OS/c1-2-16-10-4-3-9(5-8(10)6-12)15-11-13-7-14-17-11/h3-5,7H,2,6,12H2,1H3,(H,13,14,15). The molecule has 90 valence electrons. The molecule has 17 heavy (non-hydrogen) atoms. The van der Waals surface area contributed by atoms with E-state index in [4.69, 9.17) is 10.5 Å². The van der Waals surface area contributed by atoms with Crippen molar-refractivity contribution in [2.75, 3.05) is 11.9 Å². The third-order valence-corrected chi connectivity index (χ3v) is 2.77. The fraction of sp³-hybridized carbons (Fsp3) is 0.273. The van der Waals surface area contributed by atoms with Crippen LogP contribution in [0.5, 0.6) is 5.75 Å². The van der Waals surface area contributed by atoms with Crippen LogP contribution in [0.25, 0.3) is 0 Å². The molecule has 0 amide bonds. The van der Waals surface area contributed by atoms with Crippen molar-refractivity contribution >= 4 is 22.4 Å². The molecule has 0 aliphatic heterocycles. The molecule has 1 heterocycles. The largest absolute Gasteiger partial charge is 0.494 e. The fourth-order valence-corrected chi connectivity index (χ4v) is 1.92. The molecule has 1 aromatic heterocycles. The summed E-state index contributed by atoms with van der Waals surface area (Å²) in [6, 6.07) is 5.81. The third kappa shape index (κ3) is 2.92. The van der Waals surface area contributed by atoms with Crippen LogP contribution in [0, 0.1) is 0 Å². The molecule has 0 bridgehead atoms. The van der Waals surface area contributed by atoms with E-state index in [0.717, 1.165) is 22.1 Å². The highest BCUT2D eigenvalue weighted by Crippen LogP contribution is 2.25. The molecule has 0 unspecified atom stereocenters. The van der Waals surface area contributed by atoms with Crippen molar-refractivity contribution in [2.45, 2.75) is 13.5 Å². The maximum atomic E-state index is 5.69. The molecule has 0 fully saturated rings. The number of nitrogens with zero attached hydrogens (tertiary/aromatic N) is 2. The summed E-state index contributed by atoms with van der Waals surface area (Å²) < 4.78 is 9.41. The number of benzene rings is 1. The van der Waals surface area contributed by atoms with Gasteiger partial charge in [-0.2, -0.15) is 4.37 Å². The molecule has 0 aliphatic rings. The first-order chi connectivity index (χ1) is 8.33. The normalized spacial score (nSPS) is 10.2. The molecule has 2 rings (SSSR count). The molecule has 0 aliphatic carbocycles. The van der Waals surface area contributed by atoms with Gasteiger partial charge in [-0.1, -0.05) is 0 Å². The van der Waals surface area contributed by atoms with Crippen LogP contribution in [0.15, 0.2) is 24.5 Å². The van der Waals surface area contributed by atoms with E-state index >= 15 is 0 Å². The predicted octanol–water partition coefficient (Wildman–Crippen LogP) is 2.14. The molecule has 3 N–H and O–H groups in total. The smallest absolute Gasteiger partial charge is 0.206 e. The van der Waals surface area contributed by atoms with Gasteiger partial charge in [-0.15, -0.1) is 0 Å². The average molecular weight is 250 g/mol. The Balaban J connectivity index is 2.19. The Kier molecular flexibility index (Phi) is 3.89. The van der Waals surface area contributed by atoms with Gasteiger partial charge >= 0.3 is 0 Å². The van der Waals surface area contributed by atoms with Gasteiger partial charge in [-0.3, -0.25) is 0 Å². The molecule has 0 saturated heterocycles. The van der Waals surface area contributed by atoms with Crippen LogP contribution < -0.4 is 15.8 Å². The summed E-state index contributed by atoms with van der Waals surface area (Å²) >= 11 is 1.31. The lowest BCUT2D eigenvalue weighted by atomic mass is 10.2. The SMILES string of the molecule is CCOc1ccc(Nc2ncns2)cc1CN. The Morgan fingerprint density at radius 3 is 3.00 bits per heavy atom. The van der Waals surface area contributed by atoms with Crippen LogP contribution in [-0.2, 0) is 6.54 Å². The minimum atomic E-state index is 0.445. The minimum Gasteiger partial charge on any atom is -0.494 e. The highest BCUT2D eigenvalue weighted by Gasteiger charge is 2.04. The van der Waals surface area contributed by atoms with Gasteiger partial charge in [0.2, 0.25) is 5.13 Å². The van der Waals surface area contributed by atoms with E-state index in [0.29, 0.717) is 13.2 Å². The number of nitrogens with one attached hydrogen (secondary N) is 1. The zero-order valence-corrected chi connectivity index (χ0v) is 10.3. The molecule has 0 radical (unpaired) electrons. The summed E-state index contributed by atoms with van der Waals surface area (Å²) in [5.41, 5.74) is 7.60. The van der Waals surface area contributed by atoms with Crippen LogP contribution in [0.3, 0.4) is 0 Å². The van der Waals surface area contributed by atoms with Crippen molar-refractivity contribution in [1.82, 2.24) is 9.36 Å². The van der Waals surface area contributed by atoms with Crippen LogP contribution >= 0.6 is 11.5 Å². The van der Waals surface area contributed by atoms with Crippen LogP contribution in [0.2, 0.25) is 0 Å². The second-order valence-electron chi connectivity index (χ2n) is 3.33. The summed E-state index contributed by atoms with van der Waals surface area (Å²) in [4.78, 5) is 4.06. The molecule has 1 aromatic carbocycles. The van der Waals surface area contributed by atoms with Crippen molar-refractivity contribution in [2.24, 2.45) is 5.73 Å². The Labute approximate surface area is 104 Å². The van der Waals surface area contributed by atoms with Gasteiger partial charge in [0, 0.05) is 29.3 Å². The van der Waals surface area contributed by atoms with Crippen molar-refractivity contribution in [3.63, 3.8) is 0 Å². The molecule has 2 aromatic rings. The lowest BCUT2D eigenvalue weighted by Gasteiger charge is -2.10. The second-order valence-corrected chi connectivity index (χ2v) is 4.11. The first-order valence-corrected chi connectivity index (χ1v) is 6.10. The lowest BCUT2D eigenvalue weighted by molar-refractivity contribution is 0.336. The Morgan fingerprint density at radius 2 is 2.35 bits per heavy atom. The van der Waals surface area contributed by atoms with Gasteiger partial charge in [0.15, 0.2) is 0 Å². The molecular formula is C11H14N4OS. The number of rotatable bonds is 5. The van der Waals surface area contributed by atoms with Crippen molar-refractivity contribution in [1.29, 1.82) is 0 Å². The van der Waals surface area contributed by atoms with Gasteiger partial charge in [0.25, 0.3) is 0 Å².